The Labute approximate surface area is 289 Å². The summed E-state index contributed by atoms with van der Waals surface area (Å²) in [5.74, 6) is -3.63. The van der Waals surface area contributed by atoms with Crippen molar-refractivity contribution in [3.05, 3.63) is 23.8 Å². The van der Waals surface area contributed by atoms with E-state index in [4.69, 9.17) is 34.9 Å². The third-order valence-electron chi connectivity index (χ3n) is 9.51. The number of aliphatic hydroxyl groups is 1. The number of hydrogen-bond donors (Lipinski definition) is 6. The Kier molecular flexibility index (Phi) is 14.5. The highest BCUT2D eigenvalue weighted by atomic mass is 32.2. The van der Waals surface area contributed by atoms with Crippen LogP contribution in [0.25, 0.3) is 0 Å². The molecule has 1 aliphatic heterocycles. The second-order valence-electron chi connectivity index (χ2n) is 12.7. The number of methoxy groups -OCH3 is 2. The van der Waals surface area contributed by atoms with Crippen LogP contribution in [0.5, 0.6) is 11.5 Å². The predicted octanol–water partition coefficient (Wildman–Crippen LogP) is 1.69. The quantitative estimate of drug-likeness (QED) is 0.0998. The maximum atomic E-state index is 12.8. The molecule has 7 N–H and O–H groups in total. The summed E-state index contributed by atoms with van der Waals surface area (Å²) < 4.78 is 23.2. The lowest BCUT2D eigenvalue weighted by Gasteiger charge is -2.58. The summed E-state index contributed by atoms with van der Waals surface area (Å²) in [6.07, 6.45) is -0.290. The molecule has 16 heteroatoms. The van der Waals surface area contributed by atoms with Crippen molar-refractivity contribution in [2.75, 3.05) is 32.3 Å². The van der Waals surface area contributed by atoms with E-state index in [0.29, 0.717) is 30.1 Å². The van der Waals surface area contributed by atoms with E-state index in [1.807, 2.05) is 19.9 Å². The molecule has 1 saturated carbocycles. The van der Waals surface area contributed by atoms with Crippen molar-refractivity contribution < 1.29 is 58.2 Å². The predicted molar refractivity (Wildman–Crippen MR) is 178 cm³/mol. The minimum atomic E-state index is -1.53. The summed E-state index contributed by atoms with van der Waals surface area (Å²) in [7, 11) is 3.10. The molecular weight excluding hydrogens is 662 g/mol. The maximum Gasteiger partial charge on any atom is 0.322 e. The number of nitrogens with one attached hydrogen (secondary N) is 2. The number of hydrogen-bond acceptors (Lipinski definition) is 12. The third-order valence-corrected chi connectivity index (χ3v) is 10.6. The minimum absolute atomic E-state index is 0.0237. The number of carbonyl (C=O) groups excluding carboxylic acids is 3. The first kappa shape index (κ1) is 39.8. The fraction of sp³-hybridized carbons (Fsp3) is 0.667. The number of fused-ring (bicyclic) bond motifs is 1. The van der Waals surface area contributed by atoms with Gasteiger partial charge in [0, 0.05) is 30.7 Å². The molecule has 49 heavy (non-hydrogen) atoms. The fourth-order valence-corrected chi connectivity index (χ4v) is 8.03. The van der Waals surface area contributed by atoms with Crippen molar-refractivity contribution >= 4 is 41.5 Å². The summed E-state index contributed by atoms with van der Waals surface area (Å²) in [6.45, 7) is 4.65. The zero-order valence-corrected chi connectivity index (χ0v) is 29.3. The standard InChI is InChI=1S/C33H49N3O12S/c1-17-6-9-23-18(2)29(21-8-7-20(45-4)14-26(21)46-5)48-32(47-19(3)37)33(23,44)22(17)12-13-49-16-25(30(41)35-15-28(39)40)36-27(38)11-10-24(34)31(42)43/h7-8,14,17-18,22-25,29,32,44H,6,9-13,15-16,34H2,1-5H3,(H,35,41)(H,36,38)(H,39,40)(H,42,43)/t17-,18-,22+,23+,24+,25+,29-,32+,33-/m1/s1. The lowest BCUT2D eigenvalue weighted by Crippen LogP contribution is -2.65. The largest absolute Gasteiger partial charge is 0.497 e. The molecule has 1 aromatic rings. The van der Waals surface area contributed by atoms with E-state index < -0.39 is 66.3 Å². The molecular formula is C33H49N3O12S. The van der Waals surface area contributed by atoms with Gasteiger partial charge in [-0.25, -0.2) is 0 Å². The molecule has 1 aliphatic carbocycles. The van der Waals surface area contributed by atoms with Gasteiger partial charge in [-0.3, -0.25) is 24.0 Å². The van der Waals surface area contributed by atoms with Crippen LogP contribution in [0.15, 0.2) is 18.2 Å². The first-order valence-corrected chi connectivity index (χ1v) is 17.4. The Hall–Kier alpha value is -3.60. The van der Waals surface area contributed by atoms with E-state index in [1.54, 1.807) is 26.4 Å². The molecule has 0 radical (unpaired) electrons. The summed E-state index contributed by atoms with van der Waals surface area (Å²) >= 11 is 1.32. The lowest BCUT2D eigenvalue weighted by atomic mass is 9.57. The van der Waals surface area contributed by atoms with Gasteiger partial charge in [-0.1, -0.05) is 13.8 Å². The topological polar surface area (TPSA) is 233 Å². The smallest absolute Gasteiger partial charge is 0.322 e. The molecule has 1 aromatic carbocycles. The average molecular weight is 712 g/mol. The molecule has 0 unspecified atom stereocenters. The summed E-state index contributed by atoms with van der Waals surface area (Å²) in [5, 5.41) is 35.4. The molecule has 9 atom stereocenters. The van der Waals surface area contributed by atoms with Crippen LogP contribution in [0.2, 0.25) is 0 Å². The Balaban J connectivity index is 1.78. The lowest BCUT2D eigenvalue weighted by molar-refractivity contribution is -0.335. The van der Waals surface area contributed by atoms with E-state index >= 15 is 0 Å². The first-order chi connectivity index (χ1) is 23.1. The number of amides is 2. The number of ether oxygens (including phenoxy) is 4. The van der Waals surface area contributed by atoms with Crippen molar-refractivity contribution in [1.82, 2.24) is 10.6 Å². The fourth-order valence-electron chi connectivity index (χ4n) is 6.97. The highest BCUT2D eigenvalue weighted by Crippen LogP contribution is 2.57. The highest BCUT2D eigenvalue weighted by Gasteiger charge is 2.62. The van der Waals surface area contributed by atoms with Crippen molar-refractivity contribution in [3.8, 4) is 11.5 Å². The Morgan fingerprint density at radius 3 is 2.45 bits per heavy atom. The van der Waals surface area contributed by atoms with E-state index in [1.165, 1.54) is 18.7 Å². The van der Waals surface area contributed by atoms with Gasteiger partial charge in [-0.15, -0.1) is 0 Å². The van der Waals surface area contributed by atoms with Crippen molar-refractivity contribution in [3.63, 3.8) is 0 Å². The zero-order chi connectivity index (χ0) is 36.5. The van der Waals surface area contributed by atoms with Crippen LogP contribution < -0.4 is 25.8 Å². The number of carboxylic acids is 2. The normalized spacial score (nSPS) is 27.5. The van der Waals surface area contributed by atoms with Crippen LogP contribution in [0.1, 0.15) is 64.5 Å². The molecule has 1 saturated heterocycles. The second-order valence-corrected chi connectivity index (χ2v) is 13.8. The van der Waals surface area contributed by atoms with E-state index in [9.17, 15) is 29.1 Å². The molecule has 0 bridgehead atoms. The van der Waals surface area contributed by atoms with Gasteiger partial charge in [-0.2, -0.15) is 11.8 Å². The molecule has 3 rings (SSSR count). The molecule has 274 valence electrons. The monoisotopic (exact) mass is 711 g/mol. The van der Waals surface area contributed by atoms with Crippen LogP contribution in [0, 0.1) is 23.7 Å². The van der Waals surface area contributed by atoms with Gasteiger partial charge in [0.05, 0.1) is 20.3 Å². The number of rotatable bonds is 17. The van der Waals surface area contributed by atoms with Gasteiger partial charge in [0.25, 0.3) is 0 Å². The summed E-state index contributed by atoms with van der Waals surface area (Å²) in [6, 6.07) is 3.03. The van der Waals surface area contributed by atoms with Crippen LogP contribution in [-0.2, 0) is 33.4 Å². The van der Waals surface area contributed by atoms with Gasteiger partial charge < -0.3 is 50.6 Å². The van der Waals surface area contributed by atoms with Crippen molar-refractivity contribution in [1.29, 1.82) is 0 Å². The molecule has 2 aliphatic rings. The first-order valence-electron chi connectivity index (χ1n) is 16.3. The summed E-state index contributed by atoms with van der Waals surface area (Å²) in [4.78, 5) is 59.7. The molecule has 15 nitrogen and oxygen atoms in total. The molecule has 2 fully saturated rings. The molecule has 1 heterocycles. The number of carbonyl (C=O) groups is 5. The Bertz CT molecular complexity index is 1350. The minimum Gasteiger partial charge on any atom is -0.497 e. The molecule has 2 amide bonds. The second kappa shape index (κ2) is 17.9. The number of nitrogens with two attached hydrogens (primary N) is 1. The van der Waals surface area contributed by atoms with Crippen molar-refractivity contribution in [2.45, 2.75) is 83.0 Å². The highest BCUT2D eigenvalue weighted by molar-refractivity contribution is 7.99. The van der Waals surface area contributed by atoms with Gasteiger partial charge in [-0.05, 0) is 67.2 Å². The summed E-state index contributed by atoms with van der Waals surface area (Å²) in [5.41, 5.74) is 4.69. The SMILES string of the molecule is COc1ccc([C@@H]2O[C@H](OC(C)=O)[C@]3(O)[C@@H](CC[C@@H](C)[C@@H]3CCSC[C@H](NC(=O)CC[C@H](N)C(=O)O)C(=O)NCC(=O)O)[C@H]2C)c(OC)c1. The van der Waals surface area contributed by atoms with E-state index in [2.05, 4.69) is 10.6 Å². The Morgan fingerprint density at radius 2 is 1.84 bits per heavy atom. The van der Waals surface area contributed by atoms with Gasteiger partial charge in [0.2, 0.25) is 18.1 Å². The van der Waals surface area contributed by atoms with Crippen LogP contribution in [0.3, 0.4) is 0 Å². The van der Waals surface area contributed by atoms with Crippen LogP contribution in [0.4, 0.5) is 0 Å². The zero-order valence-electron chi connectivity index (χ0n) is 28.5. The van der Waals surface area contributed by atoms with Gasteiger partial charge in [0.1, 0.15) is 35.7 Å². The Morgan fingerprint density at radius 1 is 1.12 bits per heavy atom. The average Bonchev–Trinajstić information content (AvgIpc) is 3.05. The van der Waals surface area contributed by atoms with Crippen molar-refractivity contribution in [2.24, 2.45) is 29.4 Å². The van der Waals surface area contributed by atoms with E-state index in [0.717, 1.165) is 12.0 Å². The van der Waals surface area contributed by atoms with Crippen LogP contribution >= 0.6 is 11.8 Å². The number of aliphatic carboxylic acids is 2. The van der Waals surface area contributed by atoms with Gasteiger partial charge in [0.15, 0.2) is 0 Å². The number of esters is 1. The number of benzene rings is 1. The number of thioether (sulfide) groups is 1. The molecule has 0 aromatic heterocycles. The number of carboxylic acid groups (broad SMARTS) is 2. The maximum absolute atomic E-state index is 12.8. The van der Waals surface area contributed by atoms with Crippen LogP contribution in [-0.4, -0.2) is 101 Å². The van der Waals surface area contributed by atoms with Gasteiger partial charge >= 0.3 is 17.9 Å². The third kappa shape index (κ3) is 9.99. The van der Waals surface area contributed by atoms with E-state index in [-0.39, 0.29) is 42.3 Å². The molecule has 0 spiro atoms.